The maximum atomic E-state index is 10.9. The highest BCUT2D eigenvalue weighted by Gasteiger charge is 2.20. The maximum Gasteiger partial charge on any atom is 0.323 e. The molecule has 1 aliphatic heterocycles. The molecule has 0 fully saturated rings. The predicted octanol–water partition coefficient (Wildman–Crippen LogP) is 2.07. The van der Waals surface area contributed by atoms with Crippen molar-refractivity contribution in [1.29, 1.82) is 0 Å². The lowest BCUT2D eigenvalue weighted by Gasteiger charge is -2.24. The Morgan fingerprint density at radius 2 is 2.18 bits per heavy atom. The molecule has 5 heteroatoms. The van der Waals surface area contributed by atoms with Crippen LogP contribution in [0.1, 0.15) is 6.42 Å². The molecule has 1 N–H and O–H groups in total. The van der Waals surface area contributed by atoms with E-state index in [0.29, 0.717) is 5.02 Å². The van der Waals surface area contributed by atoms with Crippen LogP contribution in [0.3, 0.4) is 0 Å². The first-order chi connectivity index (χ1) is 8.08. The van der Waals surface area contributed by atoms with Crippen LogP contribution in [0.4, 0.5) is 11.4 Å². The molecule has 0 saturated heterocycles. The highest BCUT2D eigenvalue weighted by Crippen LogP contribution is 2.33. The summed E-state index contributed by atoms with van der Waals surface area (Å²) in [5.41, 5.74) is 1.94. The fourth-order valence-corrected chi connectivity index (χ4v) is 2.30. The zero-order valence-electron chi connectivity index (χ0n) is 9.69. The zero-order chi connectivity index (χ0) is 12.4. The average molecular weight is 255 g/mol. The zero-order valence-corrected chi connectivity index (χ0v) is 10.4. The minimum absolute atomic E-state index is 0.0302. The Hall–Kier alpha value is -1.42. The maximum absolute atomic E-state index is 10.9. The molecule has 1 aliphatic rings. The summed E-state index contributed by atoms with van der Waals surface area (Å²) < 4.78 is 0. The van der Waals surface area contributed by atoms with Gasteiger partial charge in [0.15, 0.2) is 0 Å². The molecule has 0 amide bonds. The van der Waals surface area contributed by atoms with E-state index in [1.807, 2.05) is 24.1 Å². The molecule has 2 rings (SSSR count). The lowest BCUT2D eigenvalue weighted by Crippen LogP contribution is -2.30. The van der Waals surface area contributed by atoms with Crippen molar-refractivity contribution in [3.8, 4) is 0 Å². The SMILES string of the molecule is CN1CCCN(CC(=O)O)c2ccc(Cl)cc21. The number of carboxylic acid groups (broad SMARTS) is 1. The number of aliphatic carboxylic acids is 1. The Bertz CT molecular complexity index is 437. The van der Waals surface area contributed by atoms with Crippen molar-refractivity contribution in [2.75, 3.05) is 36.5 Å². The Morgan fingerprint density at radius 3 is 2.88 bits per heavy atom. The summed E-state index contributed by atoms with van der Waals surface area (Å²) >= 11 is 5.99. The number of hydrogen-bond acceptors (Lipinski definition) is 3. The third kappa shape index (κ3) is 2.64. The van der Waals surface area contributed by atoms with E-state index in [1.165, 1.54) is 0 Å². The summed E-state index contributed by atoms with van der Waals surface area (Å²) in [5, 5.41) is 9.60. The number of benzene rings is 1. The van der Waals surface area contributed by atoms with Crippen molar-refractivity contribution >= 4 is 28.9 Å². The largest absolute Gasteiger partial charge is 0.480 e. The number of rotatable bonds is 2. The van der Waals surface area contributed by atoms with Crippen LogP contribution in [0.25, 0.3) is 0 Å². The standard InChI is InChI=1S/C12H15ClN2O2/c1-14-5-2-6-15(8-12(16)17)10-4-3-9(13)7-11(10)14/h3-4,7H,2,5-6,8H2,1H3,(H,16,17). The van der Waals surface area contributed by atoms with Gasteiger partial charge in [-0.3, -0.25) is 4.79 Å². The normalized spacial score (nSPS) is 15.4. The van der Waals surface area contributed by atoms with Gasteiger partial charge < -0.3 is 14.9 Å². The van der Waals surface area contributed by atoms with Crippen LogP contribution in [-0.2, 0) is 4.79 Å². The van der Waals surface area contributed by atoms with Gasteiger partial charge in [0, 0.05) is 25.2 Å². The third-order valence-electron chi connectivity index (χ3n) is 2.94. The van der Waals surface area contributed by atoms with Gasteiger partial charge >= 0.3 is 5.97 Å². The van der Waals surface area contributed by atoms with Crippen LogP contribution in [0, 0.1) is 0 Å². The molecule has 0 spiro atoms. The Kier molecular flexibility index (Phi) is 3.43. The summed E-state index contributed by atoms with van der Waals surface area (Å²) in [6.45, 7) is 1.69. The van der Waals surface area contributed by atoms with Crippen molar-refractivity contribution in [1.82, 2.24) is 0 Å². The molecule has 4 nitrogen and oxygen atoms in total. The fraction of sp³-hybridized carbons (Fsp3) is 0.417. The molecule has 0 saturated carbocycles. The molecule has 0 aliphatic carbocycles. The molecule has 0 bridgehead atoms. The summed E-state index contributed by atoms with van der Waals surface area (Å²) in [7, 11) is 2.00. The van der Waals surface area contributed by atoms with Crippen LogP contribution < -0.4 is 9.80 Å². The number of halogens is 1. The highest BCUT2D eigenvalue weighted by molar-refractivity contribution is 6.31. The third-order valence-corrected chi connectivity index (χ3v) is 3.17. The van der Waals surface area contributed by atoms with E-state index in [1.54, 1.807) is 6.07 Å². The van der Waals surface area contributed by atoms with Gasteiger partial charge in [-0.15, -0.1) is 0 Å². The first-order valence-corrected chi connectivity index (χ1v) is 5.93. The summed E-state index contributed by atoms with van der Waals surface area (Å²) in [6.07, 6.45) is 0.941. The van der Waals surface area contributed by atoms with Gasteiger partial charge in [0.05, 0.1) is 11.4 Å². The second-order valence-corrected chi connectivity index (χ2v) is 4.66. The summed E-state index contributed by atoms with van der Waals surface area (Å²) in [4.78, 5) is 14.9. The van der Waals surface area contributed by atoms with E-state index in [0.717, 1.165) is 30.9 Å². The van der Waals surface area contributed by atoms with Crippen LogP contribution in [0.5, 0.6) is 0 Å². The number of anilines is 2. The van der Waals surface area contributed by atoms with E-state index < -0.39 is 5.97 Å². The number of carboxylic acids is 1. The van der Waals surface area contributed by atoms with Crippen molar-refractivity contribution in [2.24, 2.45) is 0 Å². The summed E-state index contributed by atoms with van der Waals surface area (Å²) in [6, 6.07) is 5.58. The van der Waals surface area contributed by atoms with Gasteiger partial charge in [0.25, 0.3) is 0 Å². The monoisotopic (exact) mass is 254 g/mol. The molecule has 17 heavy (non-hydrogen) atoms. The molecule has 1 heterocycles. The Morgan fingerprint density at radius 1 is 1.41 bits per heavy atom. The van der Waals surface area contributed by atoms with Crippen LogP contribution >= 0.6 is 11.6 Å². The molecule has 1 aromatic rings. The van der Waals surface area contributed by atoms with Gasteiger partial charge in [0.1, 0.15) is 6.54 Å². The van der Waals surface area contributed by atoms with Gasteiger partial charge in [-0.2, -0.15) is 0 Å². The van der Waals surface area contributed by atoms with Crippen molar-refractivity contribution in [2.45, 2.75) is 6.42 Å². The van der Waals surface area contributed by atoms with Crippen LogP contribution in [-0.4, -0.2) is 37.8 Å². The minimum atomic E-state index is -0.810. The summed E-state index contributed by atoms with van der Waals surface area (Å²) in [5.74, 6) is -0.810. The van der Waals surface area contributed by atoms with Crippen LogP contribution in [0.15, 0.2) is 18.2 Å². The number of carbonyl (C=O) groups is 1. The Labute approximate surface area is 105 Å². The topological polar surface area (TPSA) is 43.8 Å². The first-order valence-electron chi connectivity index (χ1n) is 5.55. The average Bonchev–Trinajstić information content (AvgIpc) is 2.39. The van der Waals surface area contributed by atoms with Gasteiger partial charge in [-0.1, -0.05) is 11.6 Å². The highest BCUT2D eigenvalue weighted by atomic mass is 35.5. The smallest absolute Gasteiger partial charge is 0.323 e. The van der Waals surface area contributed by atoms with E-state index in [4.69, 9.17) is 16.7 Å². The molecular formula is C12H15ClN2O2. The van der Waals surface area contributed by atoms with Crippen molar-refractivity contribution < 1.29 is 9.90 Å². The second-order valence-electron chi connectivity index (χ2n) is 4.22. The van der Waals surface area contributed by atoms with Crippen LogP contribution in [0.2, 0.25) is 5.02 Å². The van der Waals surface area contributed by atoms with Crippen molar-refractivity contribution in [3.63, 3.8) is 0 Å². The molecule has 0 atom stereocenters. The lowest BCUT2D eigenvalue weighted by atomic mass is 10.2. The number of hydrogen-bond donors (Lipinski definition) is 1. The van der Waals surface area contributed by atoms with E-state index >= 15 is 0 Å². The van der Waals surface area contributed by atoms with Gasteiger partial charge in [-0.05, 0) is 24.6 Å². The molecule has 0 unspecified atom stereocenters. The molecular weight excluding hydrogens is 240 g/mol. The van der Waals surface area contributed by atoms with E-state index in [9.17, 15) is 4.79 Å². The first kappa shape index (κ1) is 12.0. The Balaban J connectivity index is 2.39. The second kappa shape index (κ2) is 4.84. The molecule has 92 valence electrons. The van der Waals surface area contributed by atoms with Gasteiger partial charge in [-0.25, -0.2) is 0 Å². The number of fused-ring (bicyclic) bond motifs is 1. The van der Waals surface area contributed by atoms with Gasteiger partial charge in [0.2, 0.25) is 0 Å². The fourth-order valence-electron chi connectivity index (χ4n) is 2.14. The quantitative estimate of drug-likeness (QED) is 0.878. The van der Waals surface area contributed by atoms with E-state index in [2.05, 4.69) is 4.90 Å². The number of nitrogens with zero attached hydrogens (tertiary/aromatic N) is 2. The molecule has 1 aromatic carbocycles. The van der Waals surface area contributed by atoms with E-state index in [-0.39, 0.29) is 6.54 Å². The van der Waals surface area contributed by atoms with Crippen molar-refractivity contribution in [3.05, 3.63) is 23.2 Å². The lowest BCUT2D eigenvalue weighted by molar-refractivity contribution is -0.135. The molecule has 0 radical (unpaired) electrons. The molecule has 0 aromatic heterocycles. The minimum Gasteiger partial charge on any atom is -0.480 e. The predicted molar refractivity (Wildman–Crippen MR) is 69.2 cm³/mol.